The third-order valence-electron chi connectivity index (χ3n) is 5.04. The van der Waals surface area contributed by atoms with E-state index in [1.165, 1.54) is 6.33 Å². The van der Waals surface area contributed by atoms with Gasteiger partial charge in [0.25, 0.3) is 0 Å². The Morgan fingerprint density at radius 2 is 1.70 bits per heavy atom. The van der Waals surface area contributed by atoms with E-state index < -0.39 is 0 Å². The topological polar surface area (TPSA) is 105 Å². The first-order valence-electron chi connectivity index (χ1n) is 9.72. The standard InChI is InChI=1S/C21H21N7O2/c29-14-19-3-1-2-18(24-19)13-27-8-10-28(11-9-27)20(30)12-16-4-6-17(7-5-16)21-25-22-15-23-26-21/h1-7,14-15H,8-13H2. The number of benzene rings is 1. The first-order chi connectivity index (χ1) is 14.7. The molecule has 3 heterocycles. The van der Waals surface area contributed by atoms with Crippen molar-refractivity contribution in [2.24, 2.45) is 0 Å². The fourth-order valence-corrected chi connectivity index (χ4v) is 3.41. The largest absolute Gasteiger partial charge is 0.340 e. The van der Waals surface area contributed by atoms with E-state index in [0.717, 1.165) is 36.2 Å². The lowest BCUT2D eigenvalue weighted by Gasteiger charge is -2.34. The van der Waals surface area contributed by atoms with E-state index >= 15 is 0 Å². The number of rotatable bonds is 6. The van der Waals surface area contributed by atoms with Gasteiger partial charge in [-0.1, -0.05) is 30.3 Å². The van der Waals surface area contributed by atoms with Crippen LogP contribution in [-0.4, -0.2) is 73.6 Å². The monoisotopic (exact) mass is 403 g/mol. The van der Waals surface area contributed by atoms with Gasteiger partial charge in [-0.25, -0.2) is 4.98 Å². The fraction of sp³-hybridized carbons (Fsp3) is 0.286. The molecule has 4 rings (SSSR count). The van der Waals surface area contributed by atoms with Gasteiger partial charge < -0.3 is 4.90 Å². The Bertz CT molecular complexity index is 1000. The molecule has 3 aromatic rings. The summed E-state index contributed by atoms with van der Waals surface area (Å²) in [6, 6.07) is 13.0. The summed E-state index contributed by atoms with van der Waals surface area (Å²) in [5, 5.41) is 15.3. The third-order valence-corrected chi connectivity index (χ3v) is 5.04. The van der Waals surface area contributed by atoms with Crippen molar-refractivity contribution in [3.63, 3.8) is 0 Å². The molecule has 0 saturated carbocycles. The van der Waals surface area contributed by atoms with Crippen LogP contribution in [0.15, 0.2) is 48.8 Å². The zero-order chi connectivity index (χ0) is 20.8. The summed E-state index contributed by atoms with van der Waals surface area (Å²) < 4.78 is 0. The van der Waals surface area contributed by atoms with Crippen molar-refractivity contribution in [1.82, 2.24) is 35.2 Å². The second kappa shape index (κ2) is 9.27. The molecule has 30 heavy (non-hydrogen) atoms. The fourth-order valence-electron chi connectivity index (χ4n) is 3.41. The maximum Gasteiger partial charge on any atom is 0.227 e. The number of amides is 1. The summed E-state index contributed by atoms with van der Waals surface area (Å²) in [6.07, 6.45) is 2.40. The molecule has 2 aromatic heterocycles. The number of pyridine rings is 1. The molecule has 1 amide bonds. The van der Waals surface area contributed by atoms with Gasteiger partial charge in [-0.15, -0.1) is 20.4 Å². The second-order valence-corrected chi connectivity index (χ2v) is 7.07. The Hall–Kier alpha value is -3.59. The highest BCUT2D eigenvalue weighted by Crippen LogP contribution is 2.15. The number of piperazine rings is 1. The summed E-state index contributed by atoms with van der Waals surface area (Å²) in [5.74, 6) is 0.572. The number of carbonyl (C=O) groups is 2. The molecule has 0 atom stereocenters. The van der Waals surface area contributed by atoms with Crippen LogP contribution in [0.3, 0.4) is 0 Å². The van der Waals surface area contributed by atoms with Crippen molar-refractivity contribution in [2.45, 2.75) is 13.0 Å². The van der Waals surface area contributed by atoms with Crippen molar-refractivity contribution >= 4 is 12.2 Å². The summed E-state index contributed by atoms with van der Waals surface area (Å²) in [7, 11) is 0. The Kier molecular flexibility index (Phi) is 6.09. The minimum atomic E-state index is 0.114. The third kappa shape index (κ3) is 4.87. The molecule has 1 fully saturated rings. The molecule has 9 heteroatoms. The van der Waals surface area contributed by atoms with E-state index in [4.69, 9.17) is 0 Å². The van der Waals surface area contributed by atoms with E-state index in [2.05, 4.69) is 30.3 Å². The molecule has 0 bridgehead atoms. The Morgan fingerprint density at radius 3 is 2.40 bits per heavy atom. The smallest absolute Gasteiger partial charge is 0.227 e. The zero-order valence-electron chi connectivity index (χ0n) is 16.4. The van der Waals surface area contributed by atoms with E-state index in [-0.39, 0.29) is 5.91 Å². The van der Waals surface area contributed by atoms with E-state index in [1.54, 1.807) is 6.07 Å². The van der Waals surface area contributed by atoms with Gasteiger partial charge in [0.05, 0.1) is 12.1 Å². The molecule has 0 radical (unpaired) electrons. The Morgan fingerprint density at radius 1 is 0.967 bits per heavy atom. The van der Waals surface area contributed by atoms with Crippen molar-refractivity contribution in [2.75, 3.05) is 26.2 Å². The van der Waals surface area contributed by atoms with Crippen LogP contribution in [0.25, 0.3) is 11.4 Å². The van der Waals surface area contributed by atoms with Crippen LogP contribution in [0.4, 0.5) is 0 Å². The number of aromatic nitrogens is 5. The molecule has 1 aliphatic rings. The molecule has 1 saturated heterocycles. The molecule has 152 valence electrons. The Balaban J connectivity index is 1.28. The van der Waals surface area contributed by atoms with Crippen molar-refractivity contribution < 1.29 is 9.59 Å². The molecule has 9 nitrogen and oxygen atoms in total. The van der Waals surface area contributed by atoms with Gasteiger partial charge in [-0.3, -0.25) is 14.5 Å². The lowest BCUT2D eigenvalue weighted by Crippen LogP contribution is -2.48. The van der Waals surface area contributed by atoms with Crippen LogP contribution in [0.1, 0.15) is 21.7 Å². The lowest BCUT2D eigenvalue weighted by atomic mass is 10.1. The first kappa shape index (κ1) is 19.7. The van der Waals surface area contributed by atoms with E-state index in [9.17, 15) is 9.59 Å². The highest BCUT2D eigenvalue weighted by Gasteiger charge is 2.21. The number of hydrogen-bond acceptors (Lipinski definition) is 8. The van der Waals surface area contributed by atoms with Crippen molar-refractivity contribution in [1.29, 1.82) is 0 Å². The van der Waals surface area contributed by atoms with Crippen LogP contribution in [0.5, 0.6) is 0 Å². The summed E-state index contributed by atoms with van der Waals surface area (Å²) >= 11 is 0. The molecule has 0 N–H and O–H groups in total. The number of hydrogen-bond donors (Lipinski definition) is 0. The maximum atomic E-state index is 12.7. The van der Waals surface area contributed by atoms with Gasteiger partial charge >= 0.3 is 0 Å². The van der Waals surface area contributed by atoms with Gasteiger partial charge in [-0.2, -0.15) is 0 Å². The highest BCUT2D eigenvalue weighted by molar-refractivity contribution is 5.79. The van der Waals surface area contributed by atoms with Crippen LogP contribution >= 0.6 is 0 Å². The van der Waals surface area contributed by atoms with Crippen molar-refractivity contribution in [3.05, 3.63) is 65.7 Å². The zero-order valence-corrected chi connectivity index (χ0v) is 16.4. The second-order valence-electron chi connectivity index (χ2n) is 7.07. The molecular weight excluding hydrogens is 382 g/mol. The average Bonchev–Trinajstić information content (AvgIpc) is 2.81. The van der Waals surface area contributed by atoms with Gasteiger partial charge in [0.2, 0.25) is 11.7 Å². The van der Waals surface area contributed by atoms with E-state index in [0.29, 0.717) is 37.6 Å². The molecule has 0 spiro atoms. The van der Waals surface area contributed by atoms with Crippen LogP contribution in [-0.2, 0) is 17.8 Å². The number of nitrogens with zero attached hydrogens (tertiary/aromatic N) is 7. The van der Waals surface area contributed by atoms with E-state index in [1.807, 2.05) is 41.3 Å². The van der Waals surface area contributed by atoms with Crippen LogP contribution in [0, 0.1) is 0 Å². The van der Waals surface area contributed by atoms with Gasteiger partial charge in [0.1, 0.15) is 5.69 Å². The summed E-state index contributed by atoms with van der Waals surface area (Å²) in [5.41, 5.74) is 3.07. The van der Waals surface area contributed by atoms with Gasteiger partial charge in [0, 0.05) is 38.3 Å². The average molecular weight is 403 g/mol. The summed E-state index contributed by atoms with van der Waals surface area (Å²) in [4.78, 5) is 32.0. The molecular formula is C21H21N7O2. The highest BCUT2D eigenvalue weighted by atomic mass is 16.2. The minimum absolute atomic E-state index is 0.114. The summed E-state index contributed by atoms with van der Waals surface area (Å²) in [6.45, 7) is 3.60. The molecule has 0 unspecified atom stereocenters. The molecule has 0 aliphatic carbocycles. The van der Waals surface area contributed by atoms with Gasteiger partial charge in [-0.05, 0) is 17.7 Å². The molecule has 1 aliphatic heterocycles. The normalized spacial score (nSPS) is 14.5. The predicted molar refractivity (Wildman–Crippen MR) is 108 cm³/mol. The van der Waals surface area contributed by atoms with Crippen LogP contribution in [0.2, 0.25) is 0 Å². The Labute approximate surface area is 173 Å². The SMILES string of the molecule is O=Cc1cccc(CN2CCN(C(=O)Cc3ccc(-c4nncnn4)cc3)CC2)n1. The molecule has 1 aromatic carbocycles. The number of aldehydes is 1. The number of carbonyl (C=O) groups excluding carboxylic acids is 2. The predicted octanol–water partition coefficient (Wildman–Crippen LogP) is 1.03. The van der Waals surface area contributed by atoms with Crippen molar-refractivity contribution in [3.8, 4) is 11.4 Å². The quantitative estimate of drug-likeness (QED) is 0.562. The maximum absolute atomic E-state index is 12.7. The minimum Gasteiger partial charge on any atom is -0.340 e. The first-order valence-corrected chi connectivity index (χ1v) is 9.72. The lowest BCUT2D eigenvalue weighted by molar-refractivity contribution is -0.132. The van der Waals surface area contributed by atoms with Gasteiger partial charge in [0.15, 0.2) is 12.6 Å². The van der Waals surface area contributed by atoms with Crippen LogP contribution < -0.4 is 0 Å².